The third-order valence-electron chi connectivity index (χ3n) is 0.986. The van der Waals surface area contributed by atoms with Gasteiger partial charge in [0.05, 0.1) is 5.56 Å². The molecule has 0 aliphatic carbocycles. The van der Waals surface area contributed by atoms with Gasteiger partial charge in [0.2, 0.25) is 0 Å². The van der Waals surface area contributed by atoms with Crippen LogP contribution in [0.2, 0.25) is 0 Å². The Labute approximate surface area is 65.1 Å². The average Bonchev–Trinajstić information content (AvgIpc) is 2.03. The summed E-state index contributed by atoms with van der Waals surface area (Å²) in [4.78, 5) is 7.53. The van der Waals surface area contributed by atoms with Crippen LogP contribution in [-0.2, 0) is 0 Å². The highest BCUT2D eigenvalue weighted by atomic mass is 16.3. The van der Waals surface area contributed by atoms with Crippen LogP contribution in [0.4, 0.5) is 0 Å². The molecule has 0 saturated carbocycles. The van der Waals surface area contributed by atoms with E-state index in [0.717, 1.165) is 0 Å². The maximum atomic E-state index is 8.80. The molecule has 3 heteroatoms. The number of aliphatic hydroxyl groups excluding tert-OH is 1. The fraction of sp³-hybridized carbons (Fsp3) is 0.250. The van der Waals surface area contributed by atoms with Crippen LogP contribution in [0.15, 0.2) is 18.7 Å². The number of aromatic nitrogens is 2. The van der Waals surface area contributed by atoms with Crippen LogP contribution in [0.1, 0.15) is 12.5 Å². The van der Waals surface area contributed by atoms with Gasteiger partial charge in [-0.2, -0.15) is 0 Å². The van der Waals surface area contributed by atoms with Crippen LogP contribution >= 0.6 is 0 Å². The molecule has 0 aliphatic rings. The van der Waals surface area contributed by atoms with Crippen LogP contribution in [0, 0.1) is 11.8 Å². The number of rotatable bonds is 0. The molecule has 0 amide bonds. The first kappa shape index (κ1) is 7.70. The van der Waals surface area contributed by atoms with E-state index in [1.54, 1.807) is 19.3 Å². The van der Waals surface area contributed by atoms with Gasteiger partial charge >= 0.3 is 0 Å². The Morgan fingerprint density at radius 2 is 2.09 bits per heavy atom. The fourth-order valence-corrected chi connectivity index (χ4v) is 0.551. The number of aliphatic hydroxyl groups is 1. The van der Waals surface area contributed by atoms with E-state index in [4.69, 9.17) is 5.11 Å². The first-order valence-corrected chi connectivity index (χ1v) is 3.23. The highest BCUT2D eigenvalue weighted by molar-refractivity contribution is 5.29. The van der Waals surface area contributed by atoms with Gasteiger partial charge in [-0.1, -0.05) is 11.8 Å². The van der Waals surface area contributed by atoms with Crippen molar-refractivity contribution >= 4 is 0 Å². The number of hydrogen-bond donors (Lipinski definition) is 1. The predicted molar refractivity (Wildman–Crippen MR) is 40.6 cm³/mol. The maximum absolute atomic E-state index is 8.80. The topological polar surface area (TPSA) is 46.0 Å². The van der Waals surface area contributed by atoms with Crippen LogP contribution in [-0.4, -0.2) is 21.2 Å². The third-order valence-corrected chi connectivity index (χ3v) is 0.986. The zero-order valence-electron chi connectivity index (χ0n) is 6.15. The van der Waals surface area contributed by atoms with Crippen LogP contribution in [0.25, 0.3) is 0 Å². The van der Waals surface area contributed by atoms with E-state index < -0.39 is 6.10 Å². The summed E-state index contributed by atoms with van der Waals surface area (Å²) in [6, 6.07) is 0. The summed E-state index contributed by atoms with van der Waals surface area (Å²) in [6.45, 7) is 1.61. The Bertz CT molecular complexity index is 271. The number of hydrogen-bond acceptors (Lipinski definition) is 3. The fourth-order valence-electron chi connectivity index (χ4n) is 0.551. The highest BCUT2D eigenvalue weighted by Gasteiger charge is 1.85. The lowest BCUT2D eigenvalue weighted by atomic mass is 10.3. The minimum atomic E-state index is -0.602. The van der Waals surface area contributed by atoms with E-state index in [9.17, 15) is 0 Å². The molecule has 0 saturated heterocycles. The lowest BCUT2D eigenvalue weighted by molar-refractivity contribution is 0.253. The van der Waals surface area contributed by atoms with E-state index in [1.165, 1.54) is 6.33 Å². The lowest BCUT2D eigenvalue weighted by Crippen LogP contribution is -1.92. The molecule has 3 nitrogen and oxygen atoms in total. The van der Waals surface area contributed by atoms with Gasteiger partial charge < -0.3 is 5.11 Å². The van der Waals surface area contributed by atoms with Crippen LogP contribution < -0.4 is 0 Å². The van der Waals surface area contributed by atoms with Crippen molar-refractivity contribution in [2.24, 2.45) is 0 Å². The van der Waals surface area contributed by atoms with Crippen molar-refractivity contribution in [3.8, 4) is 11.8 Å². The largest absolute Gasteiger partial charge is 0.381 e. The summed E-state index contributed by atoms with van der Waals surface area (Å²) in [7, 11) is 0. The Morgan fingerprint density at radius 1 is 1.45 bits per heavy atom. The summed E-state index contributed by atoms with van der Waals surface area (Å²) in [6.07, 6.45) is 4.04. The van der Waals surface area contributed by atoms with E-state index in [0.29, 0.717) is 5.56 Å². The zero-order valence-corrected chi connectivity index (χ0v) is 6.15. The van der Waals surface area contributed by atoms with Gasteiger partial charge in [0.1, 0.15) is 12.4 Å². The van der Waals surface area contributed by atoms with Gasteiger partial charge in [-0.25, -0.2) is 9.97 Å². The summed E-state index contributed by atoms with van der Waals surface area (Å²) < 4.78 is 0. The van der Waals surface area contributed by atoms with E-state index in [1.807, 2.05) is 0 Å². The van der Waals surface area contributed by atoms with Crippen molar-refractivity contribution in [2.45, 2.75) is 13.0 Å². The number of nitrogens with zero attached hydrogens (tertiary/aromatic N) is 2. The normalized spacial score (nSPS) is 11.5. The van der Waals surface area contributed by atoms with Gasteiger partial charge in [0, 0.05) is 12.4 Å². The Balaban J connectivity index is 2.75. The minimum Gasteiger partial charge on any atom is -0.381 e. The van der Waals surface area contributed by atoms with Crippen molar-refractivity contribution in [1.82, 2.24) is 9.97 Å². The molecule has 0 aliphatic heterocycles. The van der Waals surface area contributed by atoms with Crippen molar-refractivity contribution in [2.75, 3.05) is 0 Å². The second kappa shape index (κ2) is 3.69. The zero-order chi connectivity index (χ0) is 8.10. The molecule has 1 atom stereocenters. The Hall–Kier alpha value is -1.40. The summed E-state index contributed by atoms with van der Waals surface area (Å²) >= 11 is 0. The van der Waals surface area contributed by atoms with Gasteiger partial charge in [0.15, 0.2) is 0 Å². The molecular weight excluding hydrogens is 140 g/mol. The van der Waals surface area contributed by atoms with Crippen molar-refractivity contribution in [3.63, 3.8) is 0 Å². The molecule has 0 radical (unpaired) electrons. The molecule has 0 spiro atoms. The lowest BCUT2D eigenvalue weighted by Gasteiger charge is -1.87. The van der Waals surface area contributed by atoms with Crippen molar-refractivity contribution < 1.29 is 5.11 Å². The second-order valence-electron chi connectivity index (χ2n) is 2.07. The van der Waals surface area contributed by atoms with Crippen LogP contribution in [0.5, 0.6) is 0 Å². The minimum absolute atomic E-state index is 0.602. The van der Waals surface area contributed by atoms with E-state index >= 15 is 0 Å². The third kappa shape index (κ3) is 2.78. The predicted octanol–water partition coefficient (Wildman–Crippen LogP) is 0.209. The molecule has 1 aromatic rings. The van der Waals surface area contributed by atoms with Gasteiger partial charge in [-0.15, -0.1) is 0 Å². The van der Waals surface area contributed by atoms with E-state index in [2.05, 4.69) is 21.8 Å². The van der Waals surface area contributed by atoms with Crippen molar-refractivity contribution in [1.29, 1.82) is 0 Å². The molecule has 11 heavy (non-hydrogen) atoms. The maximum Gasteiger partial charge on any atom is 0.115 e. The van der Waals surface area contributed by atoms with Gasteiger partial charge in [-0.3, -0.25) is 0 Å². The molecule has 0 unspecified atom stereocenters. The first-order chi connectivity index (χ1) is 5.29. The SMILES string of the molecule is C[C@@H](O)C#Cc1cncnc1. The molecule has 0 fully saturated rings. The average molecular weight is 148 g/mol. The second-order valence-corrected chi connectivity index (χ2v) is 2.07. The molecule has 1 N–H and O–H groups in total. The van der Waals surface area contributed by atoms with E-state index in [-0.39, 0.29) is 0 Å². The Morgan fingerprint density at radius 3 is 2.64 bits per heavy atom. The van der Waals surface area contributed by atoms with Gasteiger partial charge in [-0.05, 0) is 6.92 Å². The summed E-state index contributed by atoms with van der Waals surface area (Å²) in [5.41, 5.74) is 0.716. The standard InChI is InChI=1S/C8H8N2O/c1-7(11)2-3-8-4-9-6-10-5-8/h4-7,11H,1H3/t7-/m1/s1. The molecule has 1 heterocycles. The Kier molecular flexibility index (Phi) is 2.59. The molecule has 1 aromatic heterocycles. The smallest absolute Gasteiger partial charge is 0.115 e. The molecule has 0 bridgehead atoms. The summed E-state index contributed by atoms with van der Waals surface area (Å²) in [5.74, 6) is 5.31. The molecule has 56 valence electrons. The summed E-state index contributed by atoms with van der Waals surface area (Å²) in [5, 5.41) is 8.80. The van der Waals surface area contributed by atoms with Crippen molar-refractivity contribution in [3.05, 3.63) is 24.3 Å². The molecular formula is C8H8N2O. The monoisotopic (exact) mass is 148 g/mol. The quantitative estimate of drug-likeness (QED) is 0.535. The first-order valence-electron chi connectivity index (χ1n) is 3.23. The van der Waals surface area contributed by atoms with Crippen LogP contribution in [0.3, 0.4) is 0 Å². The molecule has 0 aromatic carbocycles. The van der Waals surface area contributed by atoms with Gasteiger partial charge in [0.25, 0.3) is 0 Å². The highest BCUT2D eigenvalue weighted by Crippen LogP contribution is 1.88. The molecule has 1 rings (SSSR count).